The summed E-state index contributed by atoms with van der Waals surface area (Å²) >= 11 is 0. The van der Waals surface area contributed by atoms with Crippen LogP contribution < -0.4 is 5.32 Å². The number of rotatable bonds is 3. The molecule has 1 aliphatic carbocycles. The van der Waals surface area contributed by atoms with E-state index in [9.17, 15) is 9.90 Å². The van der Waals surface area contributed by atoms with Gasteiger partial charge in [0.25, 0.3) is 0 Å². The number of amides is 1. The van der Waals surface area contributed by atoms with E-state index < -0.39 is 5.60 Å². The van der Waals surface area contributed by atoms with Crippen molar-refractivity contribution in [2.24, 2.45) is 5.92 Å². The molecule has 26 heavy (non-hydrogen) atoms. The van der Waals surface area contributed by atoms with Gasteiger partial charge in [-0.3, -0.25) is 4.79 Å². The first-order chi connectivity index (χ1) is 12.7. The van der Waals surface area contributed by atoms with E-state index >= 15 is 0 Å². The van der Waals surface area contributed by atoms with Crippen LogP contribution in [0.25, 0.3) is 0 Å². The summed E-state index contributed by atoms with van der Waals surface area (Å²) in [5.41, 5.74) is 0.201. The molecule has 142 valence electrons. The number of para-hydroxylation sites is 1. The summed E-state index contributed by atoms with van der Waals surface area (Å²) in [6.07, 6.45) is 6.19. The number of carbonyl (C=O) groups is 1. The fourth-order valence-electron chi connectivity index (χ4n) is 5.04. The summed E-state index contributed by atoms with van der Waals surface area (Å²) in [7, 11) is 0. The van der Waals surface area contributed by atoms with Gasteiger partial charge in [-0.15, -0.1) is 0 Å². The molecule has 3 atom stereocenters. The van der Waals surface area contributed by atoms with E-state index in [0.29, 0.717) is 13.2 Å². The molecular weight excluding hydrogens is 328 g/mol. The summed E-state index contributed by atoms with van der Waals surface area (Å²) < 4.78 is 5.42. The lowest BCUT2D eigenvalue weighted by atomic mass is 9.70. The molecule has 0 bridgehead atoms. The van der Waals surface area contributed by atoms with E-state index in [1.165, 1.54) is 0 Å². The third-order valence-electron chi connectivity index (χ3n) is 6.49. The third kappa shape index (κ3) is 3.35. The molecule has 5 heteroatoms. The largest absolute Gasteiger partial charge is 0.386 e. The minimum Gasteiger partial charge on any atom is -0.386 e. The third-order valence-corrected chi connectivity index (χ3v) is 6.49. The standard InChI is InChI=1S/C21H30N2O3/c24-20(16-10-14-26-15-11-16)23-13-9-18(22-17-6-2-1-3-7-17)21(25)12-5-4-8-19(21)23/h1-3,6-7,16,18-19,22,25H,4-5,8-15H2/t18?,19?,21-/m0/s1. The highest BCUT2D eigenvalue weighted by atomic mass is 16.5. The first-order valence-electron chi connectivity index (χ1n) is 10.1. The monoisotopic (exact) mass is 358 g/mol. The average molecular weight is 358 g/mol. The quantitative estimate of drug-likeness (QED) is 0.872. The van der Waals surface area contributed by atoms with Crippen molar-refractivity contribution < 1.29 is 14.6 Å². The molecule has 0 spiro atoms. The molecular formula is C21H30N2O3. The van der Waals surface area contributed by atoms with Crippen LogP contribution in [-0.2, 0) is 9.53 Å². The fraction of sp³-hybridized carbons (Fsp3) is 0.667. The number of ether oxygens (including phenoxy) is 1. The Hall–Kier alpha value is -1.59. The smallest absolute Gasteiger partial charge is 0.226 e. The number of aliphatic hydroxyl groups is 1. The molecule has 1 aromatic carbocycles. The van der Waals surface area contributed by atoms with Crippen molar-refractivity contribution in [1.29, 1.82) is 0 Å². The summed E-state index contributed by atoms with van der Waals surface area (Å²) in [5.74, 6) is 0.297. The number of anilines is 1. The van der Waals surface area contributed by atoms with Crippen molar-refractivity contribution in [3.63, 3.8) is 0 Å². The molecule has 2 N–H and O–H groups in total. The zero-order valence-corrected chi connectivity index (χ0v) is 15.4. The van der Waals surface area contributed by atoms with Gasteiger partial charge in [0.2, 0.25) is 5.91 Å². The minimum atomic E-state index is -0.840. The summed E-state index contributed by atoms with van der Waals surface area (Å²) in [6, 6.07) is 10.0. The Labute approximate surface area is 155 Å². The molecule has 3 aliphatic rings. The molecule has 0 aromatic heterocycles. The lowest BCUT2D eigenvalue weighted by molar-refractivity contribution is -0.160. The zero-order valence-electron chi connectivity index (χ0n) is 15.4. The van der Waals surface area contributed by atoms with Crippen LogP contribution >= 0.6 is 0 Å². The van der Waals surface area contributed by atoms with Crippen LogP contribution in [0.4, 0.5) is 5.69 Å². The predicted molar refractivity (Wildman–Crippen MR) is 101 cm³/mol. The van der Waals surface area contributed by atoms with E-state index in [-0.39, 0.29) is 23.9 Å². The van der Waals surface area contributed by atoms with Gasteiger partial charge in [0.05, 0.1) is 12.1 Å². The van der Waals surface area contributed by atoms with Crippen molar-refractivity contribution in [3.05, 3.63) is 30.3 Å². The Morgan fingerprint density at radius 1 is 1.12 bits per heavy atom. The first kappa shape index (κ1) is 17.8. The summed E-state index contributed by atoms with van der Waals surface area (Å²) in [4.78, 5) is 15.2. The van der Waals surface area contributed by atoms with Crippen LogP contribution in [0.5, 0.6) is 0 Å². The van der Waals surface area contributed by atoms with Crippen LogP contribution in [0.1, 0.15) is 44.9 Å². The topological polar surface area (TPSA) is 61.8 Å². The Morgan fingerprint density at radius 3 is 2.65 bits per heavy atom. The number of fused-ring (bicyclic) bond motifs is 1. The van der Waals surface area contributed by atoms with E-state index in [1.807, 2.05) is 35.2 Å². The molecule has 1 amide bonds. The molecule has 2 saturated heterocycles. The molecule has 4 rings (SSSR count). The second-order valence-electron chi connectivity index (χ2n) is 8.02. The lowest BCUT2D eigenvalue weighted by Crippen LogP contribution is -2.68. The maximum Gasteiger partial charge on any atom is 0.226 e. The van der Waals surface area contributed by atoms with Gasteiger partial charge < -0.3 is 20.1 Å². The average Bonchev–Trinajstić information content (AvgIpc) is 2.69. The van der Waals surface area contributed by atoms with Crippen LogP contribution in [0.15, 0.2) is 30.3 Å². The Kier molecular flexibility index (Phi) is 5.18. The Morgan fingerprint density at radius 2 is 1.88 bits per heavy atom. The van der Waals surface area contributed by atoms with Crippen LogP contribution in [0, 0.1) is 5.92 Å². The van der Waals surface area contributed by atoms with E-state index in [0.717, 1.165) is 57.2 Å². The highest BCUT2D eigenvalue weighted by molar-refractivity contribution is 5.79. The van der Waals surface area contributed by atoms with Crippen LogP contribution in [0.2, 0.25) is 0 Å². The number of piperidine rings is 1. The number of hydrogen-bond acceptors (Lipinski definition) is 4. The number of hydrogen-bond donors (Lipinski definition) is 2. The summed E-state index contributed by atoms with van der Waals surface area (Å²) in [6.45, 7) is 2.09. The number of nitrogens with one attached hydrogen (secondary N) is 1. The first-order valence-corrected chi connectivity index (χ1v) is 10.1. The van der Waals surface area contributed by atoms with Gasteiger partial charge in [-0.1, -0.05) is 31.0 Å². The molecule has 1 saturated carbocycles. The van der Waals surface area contributed by atoms with Gasteiger partial charge in [-0.2, -0.15) is 0 Å². The number of benzene rings is 1. The Balaban J connectivity index is 1.53. The molecule has 2 unspecified atom stereocenters. The molecule has 0 radical (unpaired) electrons. The van der Waals surface area contributed by atoms with Gasteiger partial charge in [-0.05, 0) is 44.2 Å². The van der Waals surface area contributed by atoms with Crippen LogP contribution in [0.3, 0.4) is 0 Å². The molecule has 2 aliphatic heterocycles. The normalized spacial score (nSPS) is 32.7. The number of carbonyl (C=O) groups excluding carboxylic acids is 1. The summed E-state index contributed by atoms with van der Waals surface area (Å²) in [5, 5.41) is 15.2. The molecule has 2 heterocycles. The second kappa shape index (κ2) is 7.57. The maximum atomic E-state index is 13.2. The fourth-order valence-corrected chi connectivity index (χ4v) is 5.04. The number of nitrogens with zero attached hydrogens (tertiary/aromatic N) is 1. The van der Waals surface area contributed by atoms with Crippen molar-refractivity contribution >= 4 is 11.6 Å². The zero-order chi connectivity index (χ0) is 18.0. The van der Waals surface area contributed by atoms with E-state index in [4.69, 9.17) is 4.74 Å². The van der Waals surface area contributed by atoms with Gasteiger partial charge >= 0.3 is 0 Å². The highest BCUT2D eigenvalue weighted by Gasteiger charge is 2.52. The molecule has 5 nitrogen and oxygen atoms in total. The van der Waals surface area contributed by atoms with E-state index in [1.54, 1.807) is 0 Å². The Bertz CT molecular complexity index is 617. The van der Waals surface area contributed by atoms with Crippen molar-refractivity contribution in [2.45, 2.75) is 62.6 Å². The highest BCUT2D eigenvalue weighted by Crippen LogP contribution is 2.41. The lowest BCUT2D eigenvalue weighted by Gasteiger charge is -2.54. The molecule has 3 fully saturated rings. The predicted octanol–water partition coefficient (Wildman–Crippen LogP) is 2.80. The van der Waals surface area contributed by atoms with Gasteiger partial charge in [0.1, 0.15) is 5.60 Å². The number of likely N-dealkylation sites (tertiary alicyclic amines) is 1. The maximum absolute atomic E-state index is 13.2. The van der Waals surface area contributed by atoms with Gasteiger partial charge in [-0.25, -0.2) is 0 Å². The van der Waals surface area contributed by atoms with Crippen LogP contribution in [-0.4, -0.2) is 53.4 Å². The van der Waals surface area contributed by atoms with E-state index in [2.05, 4.69) is 5.32 Å². The SMILES string of the molecule is O=C(C1CCOCC1)N1CCC(Nc2ccccc2)[C@@]2(O)CCCCC12. The van der Waals surface area contributed by atoms with Crippen molar-refractivity contribution in [2.75, 3.05) is 25.1 Å². The van der Waals surface area contributed by atoms with Crippen molar-refractivity contribution in [1.82, 2.24) is 4.90 Å². The second-order valence-corrected chi connectivity index (χ2v) is 8.02. The van der Waals surface area contributed by atoms with Gasteiger partial charge in [0, 0.05) is 31.4 Å². The van der Waals surface area contributed by atoms with Crippen molar-refractivity contribution in [3.8, 4) is 0 Å². The minimum absolute atomic E-state index is 0.00561. The molecule has 1 aromatic rings. The van der Waals surface area contributed by atoms with Gasteiger partial charge in [0.15, 0.2) is 0 Å².